The molecule has 0 atom stereocenters. The first kappa shape index (κ1) is 22.4. The number of urea groups is 1. The summed E-state index contributed by atoms with van der Waals surface area (Å²) in [7, 11) is 0. The van der Waals surface area contributed by atoms with Crippen LogP contribution >= 0.6 is 0 Å². The smallest absolute Gasteiger partial charge is 0.329 e. The Bertz CT molecular complexity index is 346. The van der Waals surface area contributed by atoms with Crippen LogP contribution in [0.5, 0.6) is 0 Å². The van der Waals surface area contributed by atoms with Crippen molar-refractivity contribution in [1.82, 2.24) is 10.6 Å². The first-order chi connectivity index (χ1) is 11.7. The number of carboxylic acid groups (broad SMARTS) is 1. The standard InChI is InChI=1S/C18H34N2O4/c1-2-3-10-13-19-18(23)20-14-11-8-6-4-5-7-9-12-15-24-16-17(21)22/h4-5H,2-3,6-16H2,1H3,(H,21,22)(H2,19,20,23). The van der Waals surface area contributed by atoms with Gasteiger partial charge in [-0.05, 0) is 44.9 Å². The number of carbonyl (C=O) groups is 2. The third-order valence-electron chi connectivity index (χ3n) is 3.45. The number of carbonyl (C=O) groups excluding carboxylic acids is 1. The fourth-order valence-electron chi connectivity index (χ4n) is 2.09. The topological polar surface area (TPSA) is 87.7 Å². The summed E-state index contributed by atoms with van der Waals surface area (Å²) in [6.45, 7) is 3.91. The molecule has 0 fully saturated rings. The fourth-order valence-corrected chi connectivity index (χ4v) is 2.09. The molecule has 2 amide bonds. The van der Waals surface area contributed by atoms with Crippen LogP contribution in [0.2, 0.25) is 0 Å². The van der Waals surface area contributed by atoms with Gasteiger partial charge in [0.2, 0.25) is 0 Å². The number of hydrogen-bond donors (Lipinski definition) is 3. The van der Waals surface area contributed by atoms with Gasteiger partial charge in [-0.15, -0.1) is 0 Å². The lowest BCUT2D eigenvalue weighted by atomic mass is 10.2. The summed E-state index contributed by atoms with van der Waals surface area (Å²) in [5.74, 6) is -0.918. The second-order valence-electron chi connectivity index (χ2n) is 5.80. The van der Waals surface area contributed by atoms with E-state index in [4.69, 9.17) is 9.84 Å². The van der Waals surface area contributed by atoms with Gasteiger partial charge in [-0.25, -0.2) is 9.59 Å². The maximum absolute atomic E-state index is 11.4. The van der Waals surface area contributed by atoms with E-state index in [1.807, 2.05) is 0 Å². The number of ether oxygens (including phenoxy) is 1. The summed E-state index contributed by atoms with van der Waals surface area (Å²) < 4.78 is 4.96. The first-order valence-electron chi connectivity index (χ1n) is 9.13. The molecule has 0 bridgehead atoms. The molecule has 0 aromatic heterocycles. The average molecular weight is 342 g/mol. The summed E-state index contributed by atoms with van der Waals surface area (Å²) in [6, 6.07) is -0.0632. The van der Waals surface area contributed by atoms with Crippen molar-refractivity contribution in [2.75, 3.05) is 26.3 Å². The summed E-state index contributed by atoms with van der Waals surface area (Å²) in [6.07, 6.45) is 13.6. The lowest BCUT2D eigenvalue weighted by Gasteiger charge is -2.06. The van der Waals surface area contributed by atoms with Crippen LogP contribution < -0.4 is 10.6 Å². The summed E-state index contributed by atoms with van der Waals surface area (Å²) in [4.78, 5) is 21.7. The number of aliphatic carboxylic acids is 1. The van der Waals surface area contributed by atoms with Crippen molar-refractivity contribution in [3.63, 3.8) is 0 Å². The number of rotatable bonds is 16. The van der Waals surface area contributed by atoms with Gasteiger partial charge in [-0.3, -0.25) is 0 Å². The fraction of sp³-hybridized carbons (Fsp3) is 0.778. The molecule has 24 heavy (non-hydrogen) atoms. The molecule has 0 aliphatic carbocycles. The number of carboxylic acids is 1. The van der Waals surface area contributed by atoms with Crippen LogP contribution in [-0.4, -0.2) is 43.4 Å². The predicted molar refractivity (Wildman–Crippen MR) is 96.2 cm³/mol. The quantitative estimate of drug-likeness (QED) is 0.296. The van der Waals surface area contributed by atoms with Crippen LogP contribution in [-0.2, 0) is 9.53 Å². The molecule has 0 aliphatic heterocycles. The summed E-state index contributed by atoms with van der Waals surface area (Å²) in [5.41, 5.74) is 0. The zero-order valence-electron chi connectivity index (χ0n) is 15.0. The van der Waals surface area contributed by atoms with Gasteiger partial charge in [0.15, 0.2) is 0 Å². The molecule has 6 nitrogen and oxygen atoms in total. The number of allylic oxidation sites excluding steroid dienone is 2. The van der Waals surface area contributed by atoms with E-state index in [0.717, 1.165) is 64.3 Å². The van der Waals surface area contributed by atoms with Crippen LogP contribution in [0.4, 0.5) is 4.79 Å². The van der Waals surface area contributed by atoms with E-state index in [2.05, 4.69) is 29.7 Å². The zero-order chi connectivity index (χ0) is 17.9. The van der Waals surface area contributed by atoms with Gasteiger partial charge in [0.05, 0.1) is 0 Å². The minimum atomic E-state index is -0.918. The highest BCUT2D eigenvalue weighted by molar-refractivity contribution is 5.73. The number of nitrogens with one attached hydrogen (secondary N) is 2. The Hall–Kier alpha value is -1.56. The van der Waals surface area contributed by atoms with E-state index in [9.17, 15) is 9.59 Å². The molecule has 0 rings (SSSR count). The summed E-state index contributed by atoms with van der Waals surface area (Å²) in [5, 5.41) is 14.1. The third kappa shape index (κ3) is 18.5. The Kier molecular flexibility index (Phi) is 16.6. The number of amides is 2. The van der Waals surface area contributed by atoms with E-state index in [1.165, 1.54) is 0 Å². The molecule has 0 spiro atoms. The second-order valence-corrected chi connectivity index (χ2v) is 5.80. The van der Waals surface area contributed by atoms with Crippen molar-refractivity contribution in [3.8, 4) is 0 Å². The number of hydrogen-bond acceptors (Lipinski definition) is 3. The van der Waals surface area contributed by atoms with E-state index in [0.29, 0.717) is 13.2 Å². The van der Waals surface area contributed by atoms with Crippen molar-refractivity contribution in [2.45, 2.75) is 64.7 Å². The summed E-state index contributed by atoms with van der Waals surface area (Å²) >= 11 is 0. The molecule has 0 saturated heterocycles. The maximum Gasteiger partial charge on any atom is 0.329 e. The Morgan fingerprint density at radius 2 is 1.50 bits per heavy atom. The molecule has 6 heteroatoms. The van der Waals surface area contributed by atoms with Gasteiger partial charge >= 0.3 is 12.0 Å². The predicted octanol–water partition coefficient (Wildman–Crippen LogP) is 3.47. The van der Waals surface area contributed by atoms with Gasteiger partial charge in [-0.2, -0.15) is 0 Å². The average Bonchev–Trinajstić information content (AvgIpc) is 2.55. The van der Waals surface area contributed by atoms with Gasteiger partial charge in [0.25, 0.3) is 0 Å². The lowest BCUT2D eigenvalue weighted by molar-refractivity contribution is -0.142. The molecule has 0 unspecified atom stereocenters. The van der Waals surface area contributed by atoms with Crippen LogP contribution in [0, 0.1) is 0 Å². The molecule has 0 aromatic rings. The second kappa shape index (κ2) is 17.8. The third-order valence-corrected chi connectivity index (χ3v) is 3.45. The molecular weight excluding hydrogens is 308 g/mol. The van der Waals surface area contributed by atoms with Crippen molar-refractivity contribution in [2.24, 2.45) is 0 Å². The highest BCUT2D eigenvalue weighted by atomic mass is 16.5. The number of unbranched alkanes of at least 4 members (excludes halogenated alkanes) is 6. The maximum atomic E-state index is 11.4. The molecule has 3 N–H and O–H groups in total. The van der Waals surface area contributed by atoms with Crippen molar-refractivity contribution < 1.29 is 19.4 Å². The highest BCUT2D eigenvalue weighted by Gasteiger charge is 1.97. The van der Waals surface area contributed by atoms with Gasteiger partial charge in [-0.1, -0.05) is 31.9 Å². The highest BCUT2D eigenvalue weighted by Crippen LogP contribution is 2.01. The zero-order valence-corrected chi connectivity index (χ0v) is 15.0. The monoisotopic (exact) mass is 342 g/mol. The Morgan fingerprint density at radius 1 is 0.917 bits per heavy atom. The lowest BCUT2D eigenvalue weighted by Crippen LogP contribution is -2.36. The molecule has 0 aliphatic rings. The Labute approximate surface area is 146 Å². The Morgan fingerprint density at radius 3 is 2.08 bits per heavy atom. The molecule has 0 saturated carbocycles. The van der Waals surface area contributed by atoms with E-state index in [1.54, 1.807) is 0 Å². The molecule has 0 aromatic carbocycles. The van der Waals surface area contributed by atoms with Crippen LogP contribution in [0.25, 0.3) is 0 Å². The molecular formula is C18H34N2O4. The Balaban J connectivity index is 3.23. The molecule has 0 heterocycles. The largest absolute Gasteiger partial charge is 0.480 e. The van der Waals surface area contributed by atoms with Gasteiger partial charge in [0, 0.05) is 19.7 Å². The van der Waals surface area contributed by atoms with Crippen molar-refractivity contribution in [3.05, 3.63) is 12.2 Å². The SMILES string of the molecule is CCCCCNC(=O)NCCCCC=CCCCCOCC(=O)O. The van der Waals surface area contributed by atoms with E-state index < -0.39 is 5.97 Å². The van der Waals surface area contributed by atoms with Crippen molar-refractivity contribution >= 4 is 12.0 Å². The van der Waals surface area contributed by atoms with E-state index in [-0.39, 0.29) is 12.6 Å². The minimum Gasteiger partial charge on any atom is -0.480 e. The van der Waals surface area contributed by atoms with Crippen LogP contribution in [0.3, 0.4) is 0 Å². The van der Waals surface area contributed by atoms with Gasteiger partial charge < -0.3 is 20.5 Å². The van der Waals surface area contributed by atoms with E-state index >= 15 is 0 Å². The van der Waals surface area contributed by atoms with Gasteiger partial charge in [0.1, 0.15) is 6.61 Å². The molecule has 0 radical (unpaired) electrons. The minimum absolute atomic E-state index is 0.0632. The normalized spacial score (nSPS) is 10.9. The van der Waals surface area contributed by atoms with Crippen LogP contribution in [0.15, 0.2) is 12.2 Å². The van der Waals surface area contributed by atoms with Crippen LogP contribution in [0.1, 0.15) is 64.7 Å². The van der Waals surface area contributed by atoms with Crippen molar-refractivity contribution in [1.29, 1.82) is 0 Å². The molecule has 140 valence electrons. The first-order valence-corrected chi connectivity index (χ1v) is 9.13.